The molecule has 1 aromatic rings. The molecule has 1 unspecified atom stereocenters. The first-order valence-electron chi connectivity index (χ1n) is 4.64. The van der Waals surface area contributed by atoms with E-state index in [9.17, 15) is 0 Å². The number of aryl methyl sites for hydroxylation is 1. The predicted octanol–water partition coefficient (Wildman–Crippen LogP) is 1.63. The van der Waals surface area contributed by atoms with Gasteiger partial charge in [-0.25, -0.2) is 0 Å². The second-order valence-electron chi connectivity index (χ2n) is 3.44. The van der Waals surface area contributed by atoms with Crippen LogP contribution in [0.1, 0.15) is 18.1 Å². The fourth-order valence-electron chi connectivity index (χ4n) is 1.20. The molecule has 14 heavy (non-hydrogen) atoms. The maximum Gasteiger partial charge on any atom is 0.101 e. The minimum atomic E-state index is 0.184. The fraction of sp³-hybridized carbons (Fsp3) is 0.364. The molecule has 0 aliphatic rings. The third-order valence-corrected chi connectivity index (χ3v) is 2.05. The van der Waals surface area contributed by atoms with E-state index in [4.69, 9.17) is 11.0 Å². The Hall–Kier alpha value is -1.53. The van der Waals surface area contributed by atoms with Crippen molar-refractivity contribution in [1.82, 2.24) is 0 Å². The third kappa shape index (κ3) is 2.48. The Morgan fingerprint density at radius 3 is 2.86 bits per heavy atom. The van der Waals surface area contributed by atoms with E-state index in [1.165, 1.54) is 0 Å². The summed E-state index contributed by atoms with van der Waals surface area (Å²) in [6.45, 7) is 4.54. The van der Waals surface area contributed by atoms with Crippen LogP contribution in [0, 0.1) is 18.3 Å². The third-order valence-electron chi connectivity index (χ3n) is 2.05. The SMILES string of the molecule is Cc1ccc(C#N)c(NC(C)CN)c1. The topological polar surface area (TPSA) is 61.8 Å². The van der Waals surface area contributed by atoms with Crippen LogP contribution in [0.25, 0.3) is 0 Å². The molecular weight excluding hydrogens is 174 g/mol. The molecule has 3 heteroatoms. The minimum Gasteiger partial charge on any atom is -0.380 e. The van der Waals surface area contributed by atoms with Gasteiger partial charge in [0.25, 0.3) is 0 Å². The summed E-state index contributed by atoms with van der Waals surface area (Å²) in [7, 11) is 0. The number of nitriles is 1. The van der Waals surface area contributed by atoms with Crippen molar-refractivity contribution in [3.8, 4) is 6.07 Å². The summed E-state index contributed by atoms with van der Waals surface area (Å²) in [5.41, 5.74) is 8.17. The van der Waals surface area contributed by atoms with E-state index in [2.05, 4.69) is 11.4 Å². The second kappa shape index (κ2) is 4.64. The van der Waals surface area contributed by atoms with Crippen LogP contribution >= 0.6 is 0 Å². The molecule has 0 spiro atoms. The molecule has 0 aromatic heterocycles. The van der Waals surface area contributed by atoms with Crippen molar-refractivity contribution in [3.63, 3.8) is 0 Å². The van der Waals surface area contributed by atoms with Crippen molar-refractivity contribution < 1.29 is 0 Å². The molecule has 1 aromatic carbocycles. The molecule has 0 heterocycles. The van der Waals surface area contributed by atoms with Gasteiger partial charge in [-0.1, -0.05) is 6.07 Å². The Bertz CT molecular complexity index is 352. The lowest BCUT2D eigenvalue weighted by atomic mass is 10.1. The molecule has 74 valence electrons. The van der Waals surface area contributed by atoms with Crippen LogP contribution in [0.5, 0.6) is 0 Å². The average Bonchev–Trinajstić information content (AvgIpc) is 2.18. The lowest BCUT2D eigenvalue weighted by Gasteiger charge is -2.14. The molecule has 0 bridgehead atoms. The van der Waals surface area contributed by atoms with Crippen molar-refractivity contribution >= 4 is 5.69 Å². The summed E-state index contributed by atoms with van der Waals surface area (Å²) in [6, 6.07) is 8.04. The van der Waals surface area contributed by atoms with Gasteiger partial charge in [0.2, 0.25) is 0 Å². The average molecular weight is 189 g/mol. The number of nitrogens with zero attached hydrogens (tertiary/aromatic N) is 1. The summed E-state index contributed by atoms with van der Waals surface area (Å²) >= 11 is 0. The predicted molar refractivity (Wildman–Crippen MR) is 58.0 cm³/mol. The molecular formula is C11H15N3. The van der Waals surface area contributed by atoms with Crippen LogP contribution < -0.4 is 11.1 Å². The zero-order chi connectivity index (χ0) is 10.6. The van der Waals surface area contributed by atoms with E-state index in [0.717, 1.165) is 11.3 Å². The molecule has 1 rings (SSSR count). The lowest BCUT2D eigenvalue weighted by Crippen LogP contribution is -2.25. The van der Waals surface area contributed by atoms with Gasteiger partial charge in [-0.05, 0) is 31.5 Å². The Balaban J connectivity index is 2.94. The number of nitrogens with one attached hydrogen (secondary N) is 1. The number of rotatable bonds is 3. The summed E-state index contributed by atoms with van der Waals surface area (Å²) in [6.07, 6.45) is 0. The number of benzene rings is 1. The van der Waals surface area contributed by atoms with E-state index < -0.39 is 0 Å². The number of nitrogens with two attached hydrogens (primary N) is 1. The molecule has 0 fully saturated rings. The van der Waals surface area contributed by atoms with Crippen molar-refractivity contribution in [3.05, 3.63) is 29.3 Å². The summed E-state index contributed by atoms with van der Waals surface area (Å²) < 4.78 is 0. The van der Waals surface area contributed by atoms with Gasteiger partial charge in [0, 0.05) is 12.6 Å². The molecule has 0 aliphatic carbocycles. The Kier molecular flexibility index (Phi) is 3.49. The van der Waals surface area contributed by atoms with Crippen LogP contribution in [-0.2, 0) is 0 Å². The molecule has 3 nitrogen and oxygen atoms in total. The summed E-state index contributed by atoms with van der Waals surface area (Å²) in [5.74, 6) is 0. The Morgan fingerprint density at radius 1 is 1.57 bits per heavy atom. The fourth-order valence-corrected chi connectivity index (χ4v) is 1.20. The van der Waals surface area contributed by atoms with Crippen molar-refractivity contribution in [2.24, 2.45) is 5.73 Å². The van der Waals surface area contributed by atoms with E-state index in [-0.39, 0.29) is 6.04 Å². The van der Waals surface area contributed by atoms with Gasteiger partial charge in [0.15, 0.2) is 0 Å². The lowest BCUT2D eigenvalue weighted by molar-refractivity contribution is 0.803. The quantitative estimate of drug-likeness (QED) is 0.759. The van der Waals surface area contributed by atoms with Gasteiger partial charge < -0.3 is 11.1 Å². The molecule has 0 saturated heterocycles. The minimum absolute atomic E-state index is 0.184. The van der Waals surface area contributed by atoms with E-state index in [1.54, 1.807) is 0 Å². The number of hydrogen-bond acceptors (Lipinski definition) is 3. The van der Waals surface area contributed by atoms with Gasteiger partial charge in [-0.3, -0.25) is 0 Å². The van der Waals surface area contributed by atoms with E-state index >= 15 is 0 Å². The van der Waals surface area contributed by atoms with Crippen LogP contribution in [0.3, 0.4) is 0 Å². The van der Waals surface area contributed by atoms with Crippen molar-refractivity contribution in [2.45, 2.75) is 19.9 Å². The highest BCUT2D eigenvalue weighted by Gasteiger charge is 2.04. The zero-order valence-electron chi connectivity index (χ0n) is 8.54. The van der Waals surface area contributed by atoms with Crippen molar-refractivity contribution in [2.75, 3.05) is 11.9 Å². The van der Waals surface area contributed by atoms with Gasteiger partial charge in [-0.2, -0.15) is 5.26 Å². The van der Waals surface area contributed by atoms with Gasteiger partial charge in [-0.15, -0.1) is 0 Å². The van der Waals surface area contributed by atoms with Crippen LogP contribution in [0.15, 0.2) is 18.2 Å². The highest BCUT2D eigenvalue weighted by Crippen LogP contribution is 2.17. The first kappa shape index (κ1) is 10.6. The molecule has 0 radical (unpaired) electrons. The smallest absolute Gasteiger partial charge is 0.101 e. The standard InChI is InChI=1S/C11H15N3/c1-8-3-4-10(7-13)11(5-8)14-9(2)6-12/h3-5,9,14H,6,12H2,1-2H3. The Morgan fingerprint density at radius 2 is 2.29 bits per heavy atom. The Labute approximate surface area is 84.5 Å². The van der Waals surface area contributed by atoms with Crippen LogP contribution in [0.2, 0.25) is 0 Å². The second-order valence-corrected chi connectivity index (χ2v) is 3.44. The van der Waals surface area contributed by atoms with Crippen LogP contribution in [-0.4, -0.2) is 12.6 Å². The maximum absolute atomic E-state index is 8.87. The number of hydrogen-bond donors (Lipinski definition) is 2. The monoisotopic (exact) mass is 189 g/mol. The van der Waals surface area contributed by atoms with E-state index in [1.807, 2.05) is 32.0 Å². The summed E-state index contributed by atoms with van der Waals surface area (Å²) in [5, 5.41) is 12.1. The van der Waals surface area contributed by atoms with Gasteiger partial charge in [0.1, 0.15) is 6.07 Å². The highest BCUT2D eigenvalue weighted by molar-refractivity contribution is 5.59. The summed E-state index contributed by atoms with van der Waals surface area (Å²) in [4.78, 5) is 0. The normalized spacial score (nSPS) is 11.9. The maximum atomic E-state index is 8.87. The zero-order valence-corrected chi connectivity index (χ0v) is 8.54. The first-order valence-corrected chi connectivity index (χ1v) is 4.64. The molecule has 0 saturated carbocycles. The van der Waals surface area contributed by atoms with Crippen molar-refractivity contribution in [1.29, 1.82) is 5.26 Å². The van der Waals surface area contributed by atoms with Gasteiger partial charge >= 0.3 is 0 Å². The highest BCUT2D eigenvalue weighted by atomic mass is 14.9. The molecule has 3 N–H and O–H groups in total. The molecule has 0 aliphatic heterocycles. The first-order chi connectivity index (χ1) is 6.67. The number of anilines is 1. The van der Waals surface area contributed by atoms with E-state index in [0.29, 0.717) is 12.1 Å². The van der Waals surface area contributed by atoms with Crippen LogP contribution in [0.4, 0.5) is 5.69 Å². The largest absolute Gasteiger partial charge is 0.380 e. The van der Waals surface area contributed by atoms with Gasteiger partial charge in [0.05, 0.1) is 11.3 Å². The molecule has 1 atom stereocenters. The molecule has 0 amide bonds.